The van der Waals surface area contributed by atoms with Gasteiger partial charge in [0.05, 0.1) is 0 Å². The minimum Gasteiger partial charge on any atom is -0.366 e. The van der Waals surface area contributed by atoms with Crippen LogP contribution in [0.5, 0.6) is 0 Å². The van der Waals surface area contributed by atoms with Gasteiger partial charge in [-0.05, 0) is 36.6 Å². The van der Waals surface area contributed by atoms with Crippen molar-refractivity contribution < 1.29 is 4.79 Å². The molecular formula is C25H22N4O. The molecule has 0 bridgehead atoms. The number of Topliss-reactive ketones (excluding diaryl/α,β-unsaturated/α-hetero) is 1. The smallest absolute Gasteiger partial charge is 0.162 e. The Morgan fingerprint density at radius 3 is 2.47 bits per heavy atom. The molecule has 5 nitrogen and oxygen atoms in total. The first kappa shape index (κ1) is 19.5. The van der Waals surface area contributed by atoms with Crippen molar-refractivity contribution in [2.45, 2.75) is 20.4 Å². The zero-order valence-electron chi connectivity index (χ0n) is 17.0. The number of nitrogens with zero attached hydrogens (tertiary/aromatic N) is 3. The largest absolute Gasteiger partial charge is 0.366 e. The van der Waals surface area contributed by atoms with Crippen LogP contribution in [0.25, 0.3) is 22.5 Å². The molecule has 148 valence electrons. The molecular weight excluding hydrogens is 372 g/mol. The van der Waals surface area contributed by atoms with Gasteiger partial charge in [-0.3, -0.25) is 9.78 Å². The van der Waals surface area contributed by atoms with Crippen LogP contribution in [0.2, 0.25) is 0 Å². The van der Waals surface area contributed by atoms with Crippen LogP contribution in [0.3, 0.4) is 0 Å². The zero-order valence-corrected chi connectivity index (χ0v) is 17.0. The number of carbonyl (C=O) groups is 1. The second-order valence-corrected chi connectivity index (χ2v) is 7.12. The fourth-order valence-corrected chi connectivity index (χ4v) is 3.27. The first-order valence-corrected chi connectivity index (χ1v) is 9.79. The van der Waals surface area contributed by atoms with Crippen LogP contribution in [0, 0.1) is 6.92 Å². The van der Waals surface area contributed by atoms with E-state index >= 15 is 0 Å². The summed E-state index contributed by atoms with van der Waals surface area (Å²) in [6.45, 7) is 4.16. The van der Waals surface area contributed by atoms with E-state index in [2.05, 4.69) is 44.5 Å². The lowest BCUT2D eigenvalue weighted by atomic mass is 10.0. The van der Waals surface area contributed by atoms with Crippen LogP contribution >= 0.6 is 0 Å². The minimum absolute atomic E-state index is 0.00186. The topological polar surface area (TPSA) is 67.8 Å². The molecule has 4 aromatic rings. The standard InChI is InChI=1S/C25H22N4O/c1-17-14-27-25(23-8-4-3-7-22(23)18(2)30)29-24(17)28-15-19-9-11-20(12-10-19)21-6-5-13-26-16-21/h3-14,16H,15H2,1-2H3,(H,27,28,29). The molecule has 1 N–H and O–H groups in total. The normalized spacial score (nSPS) is 10.6. The number of pyridine rings is 1. The van der Waals surface area contributed by atoms with Crippen molar-refractivity contribution in [2.24, 2.45) is 0 Å². The second kappa shape index (κ2) is 8.66. The average Bonchev–Trinajstić information content (AvgIpc) is 2.79. The van der Waals surface area contributed by atoms with E-state index in [0.29, 0.717) is 17.9 Å². The highest BCUT2D eigenvalue weighted by Crippen LogP contribution is 2.24. The van der Waals surface area contributed by atoms with Gasteiger partial charge in [0.25, 0.3) is 0 Å². The molecule has 0 spiro atoms. The van der Waals surface area contributed by atoms with Gasteiger partial charge in [-0.15, -0.1) is 0 Å². The highest BCUT2D eigenvalue weighted by Gasteiger charge is 2.12. The van der Waals surface area contributed by atoms with Gasteiger partial charge in [0.1, 0.15) is 5.82 Å². The van der Waals surface area contributed by atoms with Crippen LogP contribution in [-0.2, 0) is 6.54 Å². The number of ketones is 1. The maximum absolute atomic E-state index is 12.0. The maximum Gasteiger partial charge on any atom is 0.162 e. The van der Waals surface area contributed by atoms with E-state index in [1.54, 1.807) is 25.4 Å². The molecule has 0 amide bonds. The Morgan fingerprint density at radius 1 is 0.933 bits per heavy atom. The molecule has 0 radical (unpaired) electrons. The molecule has 5 heteroatoms. The third kappa shape index (κ3) is 4.25. The summed E-state index contributed by atoms with van der Waals surface area (Å²) in [6, 6.07) is 19.8. The molecule has 2 aromatic heterocycles. The third-order valence-corrected chi connectivity index (χ3v) is 4.93. The summed E-state index contributed by atoms with van der Waals surface area (Å²) in [4.78, 5) is 25.3. The summed E-state index contributed by atoms with van der Waals surface area (Å²) in [5.74, 6) is 1.30. The van der Waals surface area contributed by atoms with Gasteiger partial charge in [0.15, 0.2) is 11.6 Å². The fraction of sp³-hybridized carbons (Fsp3) is 0.120. The highest BCUT2D eigenvalue weighted by molar-refractivity contribution is 6.00. The number of aromatic nitrogens is 3. The van der Waals surface area contributed by atoms with Crippen molar-refractivity contribution in [1.29, 1.82) is 0 Å². The zero-order chi connectivity index (χ0) is 20.9. The second-order valence-electron chi connectivity index (χ2n) is 7.12. The summed E-state index contributed by atoms with van der Waals surface area (Å²) in [5.41, 5.74) is 5.69. The predicted molar refractivity (Wildman–Crippen MR) is 119 cm³/mol. The van der Waals surface area contributed by atoms with E-state index in [9.17, 15) is 4.79 Å². The molecule has 0 atom stereocenters. The summed E-state index contributed by atoms with van der Waals surface area (Å²) in [5, 5.41) is 3.40. The van der Waals surface area contributed by atoms with E-state index in [0.717, 1.165) is 33.6 Å². The number of nitrogens with one attached hydrogen (secondary N) is 1. The van der Waals surface area contributed by atoms with Gasteiger partial charge < -0.3 is 5.32 Å². The molecule has 0 fully saturated rings. The third-order valence-electron chi connectivity index (χ3n) is 4.93. The molecule has 2 aromatic carbocycles. The van der Waals surface area contributed by atoms with E-state index < -0.39 is 0 Å². The lowest BCUT2D eigenvalue weighted by molar-refractivity contribution is 0.101. The van der Waals surface area contributed by atoms with Crippen molar-refractivity contribution >= 4 is 11.6 Å². The quantitative estimate of drug-likeness (QED) is 0.448. The number of hydrogen-bond acceptors (Lipinski definition) is 5. The van der Waals surface area contributed by atoms with E-state index in [1.165, 1.54) is 0 Å². The van der Waals surface area contributed by atoms with Crippen molar-refractivity contribution in [3.8, 4) is 22.5 Å². The SMILES string of the molecule is CC(=O)c1ccccc1-c1ncc(C)c(NCc2ccc(-c3cccnc3)cc2)n1. The van der Waals surface area contributed by atoms with Gasteiger partial charge in [-0.1, -0.05) is 54.6 Å². The molecule has 0 aliphatic rings. The molecule has 2 heterocycles. The van der Waals surface area contributed by atoms with Crippen LogP contribution in [-0.4, -0.2) is 20.7 Å². The van der Waals surface area contributed by atoms with Crippen LogP contribution < -0.4 is 5.32 Å². The predicted octanol–water partition coefficient (Wildman–Crippen LogP) is 5.33. The Kier molecular flexibility index (Phi) is 5.61. The Labute approximate surface area is 175 Å². The van der Waals surface area contributed by atoms with Crippen molar-refractivity contribution in [3.63, 3.8) is 0 Å². The van der Waals surface area contributed by atoms with E-state index in [-0.39, 0.29) is 5.78 Å². The summed E-state index contributed by atoms with van der Waals surface area (Å²) in [7, 11) is 0. The molecule has 30 heavy (non-hydrogen) atoms. The van der Waals surface area contributed by atoms with Gasteiger partial charge >= 0.3 is 0 Å². The number of rotatable bonds is 6. The summed E-state index contributed by atoms with van der Waals surface area (Å²) in [6.07, 6.45) is 5.42. The summed E-state index contributed by atoms with van der Waals surface area (Å²) < 4.78 is 0. The molecule has 0 aliphatic heterocycles. The number of hydrogen-bond donors (Lipinski definition) is 1. The molecule has 0 saturated heterocycles. The summed E-state index contributed by atoms with van der Waals surface area (Å²) >= 11 is 0. The van der Waals surface area contributed by atoms with Gasteiger partial charge in [-0.2, -0.15) is 0 Å². The maximum atomic E-state index is 12.0. The first-order valence-electron chi connectivity index (χ1n) is 9.79. The molecule has 0 aliphatic carbocycles. The molecule has 0 saturated carbocycles. The molecule has 0 unspecified atom stereocenters. The Hall–Kier alpha value is -3.86. The van der Waals surface area contributed by atoms with Crippen LogP contribution in [0.15, 0.2) is 79.3 Å². The van der Waals surface area contributed by atoms with E-state index in [4.69, 9.17) is 0 Å². The highest BCUT2D eigenvalue weighted by atomic mass is 16.1. The Bertz CT molecular complexity index is 1170. The number of benzene rings is 2. The van der Waals surface area contributed by atoms with Gasteiger partial charge in [0.2, 0.25) is 0 Å². The lowest BCUT2D eigenvalue weighted by Crippen LogP contribution is -2.06. The van der Waals surface area contributed by atoms with Gasteiger partial charge in [-0.25, -0.2) is 9.97 Å². The van der Waals surface area contributed by atoms with Crippen molar-refractivity contribution in [3.05, 3.63) is 95.9 Å². The number of anilines is 1. The van der Waals surface area contributed by atoms with E-state index in [1.807, 2.05) is 43.5 Å². The Balaban J connectivity index is 1.53. The minimum atomic E-state index is -0.00186. The number of aryl methyl sites for hydroxylation is 1. The van der Waals surface area contributed by atoms with Crippen LogP contribution in [0.4, 0.5) is 5.82 Å². The Morgan fingerprint density at radius 2 is 1.73 bits per heavy atom. The molecule has 4 rings (SSSR count). The monoisotopic (exact) mass is 394 g/mol. The number of carbonyl (C=O) groups excluding carboxylic acids is 1. The average molecular weight is 394 g/mol. The fourth-order valence-electron chi connectivity index (χ4n) is 3.27. The lowest BCUT2D eigenvalue weighted by Gasteiger charge is -2.12. The first-order chi connectivity index (χ1) is 14.6. The van der Waals surface area contributed by atoms with Crippen LogP contribution in [0.1, 0.15) is 28.4 Å². The van der Waals surface area contributed by atoms with Crippen molar-refractivity contribution in [1.82, 2.24) is 15.0 Å². The van der Waals surface area contributed by atoms with Gasteiger partial charge in [0, 0.05) is 41.8 Å². The van der Waals surface area contributed by atoms with Crippen molar-refractivity contribution in [2.75, 3.05) is 5.32 Å².